The topological polar surface area (TPSA) is 18.5 Å². The molecule has 3 aromatic rings. The van der Waals surface area contributed by atoms with Crippen LogP contribution in [0.25, 0.3) is 0 Å². The van der Waals surface area contributed by atoms with E-state index in [4.69, 9.17) is 9.31 Å². The highest BCUT2D eigenvalue weighted by Crippen LogP contribution is 2.17. The standard InChI is InChI=1S/C25H29BO2/c1-4-5-6-7-22-12-14-23(15-13-22)26(27-24-16-8-20(2)9-17-24)28-25-18-10-21(3)11-19-25/h8-19H,4-7H2,1-3H3. The number of rotatable bonds is 9. The highest BCUT2D eigenvalue weighted by Gasteiger charge is 2.26. The molecule has 0 spiro atoms. The van der Waals surface area contributed by atoms with Gasteiger partial charge in [-0.1, -0.05) is 79.4 Å². The minimum absolute atomic E-state index is 0.491. The third-order valence-corrected chi connectivity index (χ3v) is 4.85. The summed E-state index contributed by atoms with van der Waals surface area (Å²) in [7, 11) is -0.491. The Bertz CT molecular complexity index is 792. The molecule has 3 aromatic carbocycles. The van der Waals surface area contributed by atoms with Crippen molar-refractivity contribution in [2.24, 2.45) is 0 Å². The minimum Gasteiger partial charge on any atom is -0.522 e. The zero-order valence-corrected chi connectivity index (χ0v) is 17.2. The maximum absolute atomic E-state index is 6.21. The van der Waals surface area contributed by atoms with Gasteiger partial charge in [0.1, 0.15) is 11.5 Å². The second kappa shape index (κ2) is 10.0. The normalized spacial score (nSPS) is 10.5. The zero-order valence-electron chi connectivity index (χ0n) is 17.2. The van der Waals surface area contributed by atoms with Crippen molar-refractivity contribution < 1.29 is 9.31 Å². The van der Waals surface area contributed by atoms with Crippen LogP contribution in [-0.4, -0.2) is 7.12 Å². The highest BCUT2D eigenvalue weighted by atomic mass is 16.6. The largest absolute Gasteiger partial charge is 0.632 e. The Morgan fingerprint density at radius 1 is 0.643 bits per heavy atom. The average Bonchev–Trinajstić information content (AvgIpc) is 2.71. The Morgan fingerprint density at radius 2 is 1.14 bits per heavy atom. The van der Waals surface area contributed by atoms with Gasteiger partial charge in [0.2, 0.25) is 0 Å². The fraction of sp³-hybridized carbons (Fsp3) is 0.280. The van der Waals surface area contributed by atoms with Gasteiger partial charge in [0.05, 0.1) is 0 Å². The summed E-state index contributed by atoms with van der Waals surface area (Å²) >= 11 is 0. The van der Waals surface area contributed by atoms with Crippen LogP contribution in [0.1, 0.15) is 42.9 Å². The molecule has 0 atom stereocenters. The lowest BCUT2D eigenvalue weighted by Crippen LogP contribution is -2.42. The van der Waals surface area contributed by atoms with Gasteiger partial charge in [-0.2, -0.15) is 0 Å². The van der Waals surface area contributed by atoms with Crippen molar-refractivity contribution in [3.05, 3.63) is 89.5 Å². The summed E-state index contributed by atoms with van der Waals surface area (Å²) in [4.78, 5) is 0. The molecule has 0 heterocycles. The van der Waals surface area contributed by atoms with Crippen LogP contribution in [0.2, 0.25) is 0 Å². The van der Waals surface area contributed by atoms with E-state index in [1.165, 1.54) is 36.0 Å². The minimum atomic E-state index is -0.491. The molecule has 2 nitrogen and oxygen atoms in total. The van der Waals surface area contributed by atoms with Crippen LogP contribution in [-0.2, 0) is 6.42 Å². The van der Waals surface area contributed by atoms with E-state index in [9.17, 15) is 0 Å². The Labute approximate surface area is 169 Å². The SMILES string of the molecule is CCCCCc1ccc(B(Oc2ccc(C)cc2)Oc2ccc(C)cc2)cc1. The van der Waals surface area contributed by atoms with E-state index in [0.717, 1.165) is 23.4 Å². The van der Waals surface area contributed by atoms with E-state index in [2.05, 4.69) is 69.3 Å². The Morgan fingerprint density at radius 3 is 1.61 bits per heavy atom. The van der Waals surface area contributed by atoms with Crippen molar-refractivity contribution in [2.45, 2.75) is 46.5 Å². The number of hydrogen-bond donors (Lipinski definition) is 0. The zero-order chi connectivity index (χ0) is 19.8. The molecular formula is C25H29BO2. The first-order valence-electron chi connectivity index (χ1n) is 10.2. The molecule has 0 aliphatic rings. The molecule has 0 N–H and O–H groups in total. The molecule has 0 aliphatic heterocycles. The molecule has 28 heavy (non-hydrogen) atoms. The van der Waals surface area contributed by atoms with E-state index in [1.54, 1.807) is 0 Å². The Balaban J connectivity index is 1.78. The summed E-state index contributed by atoms with van der Waals surface area (Å²) in [6.45, 7) is 6.38. The van der Waals surface area contributed by atoms with Crippen molar-refractivity contribution in [3.63, 3.8) is 0 Å². The van der Waals surface area contributed by atoms with Crippen LogP contribution < -0.4 is 14.8 Å². The summed E-state index contributed by atoms with van der Waals surface area (Å²) in [5, 5.41) is 0. The first-order chi connectivity index (χ1) is 13.6. The second-order valence-corrected chi connectivity index (χ2v) is 7.39. The maximum Gasteiger partial charge on any atom is 0.632 e. The first kappa shape index (κ1) is 20.1. The molecule has 0 unspecified atom stereocenters. The van der Waals surface area contributed by atoms with Crippen LogP contribution >= 0.6 is 0 Å². The summed E-state index contributed by atoms with van der Waals surface area (Å²) in [6.07, 6.45) is 4.88. The van der Waals surface area contributed by atoms with Crippen LogP contribution in [0.15, 0.2) is 72.8 Å². The van der Waals surface area contributed by atoms with Gasteiger partial charge in [0, 0.05) is 5.46 Å². The molecule has 0 saturated carbocycles. The van der Waals surface area contributed by atoms with Crippen LogP contribution in [0.4, 0.5) is 0 Å². The van der Waals surface area contributed by atoms with Crippen molar-refractivity contribution in [2.75, 3.05) is 0 Å². The smallest absolute Gasteiger partial charge is 0.522 e. The monoisotopic (exact) mass is 372 g/mol. The average molecular weight is 372 g/mol. The molecule has 0 aliphatic carbocycles. The molecule has 144 valence electrons. The lowest BCUT2D eigenvalue weighted by Gasteiger charge is -2.17. The summed E-state index contributed by atoms with van der Waals surface area (Å²) in [6, 6.07) is 24.8. The van der Waals surface area contributed by atoms with Gasteiger partial charge in [0.25, 0.3) is 0 Å². The fourth-order valence-corrected chi connectivity index (χ4v) is 3.06. The molecule has 0 bridgehead atoms. The van der Waals surface area contributed by atoms with Crippen LogP contribution in [0, 0.1) is 13.8 Å². The molecule has 0 fully saturated rings. The van der Waals surface area contributed by atoms with Crippen LogP contribution in [0.5, 0.6) is 11.5 Å². The molecule has 0 radical (unpaired) electrons. The fourth-order valence-electron chi connectivity index (χ4n) is 3.06. The lowest BCUT2D eigenvalue weighted by atomic mass is 9.78. The van der Waals surface area contributed by atoms with Crippen molar-refractivity contribution >= 4 is 12.6 Å². The van der Waals surface area contributed by atoms with Crippen LogP contribution in [0.3, 0.4) is 0 Å². The Kier molecular flexibility index (Phi) is 7.19. The maximum atomic E-state index is 6.21. The number of unbranched alkanes of at least 4 members (excludes halogenated alkanes) is 2. The van der Waals surface area contributed by atoms with E-state index in [-0.39, 0.29) is 0 Å². The highest BCUT2D eigenvalue weighted by molar-refractivity contribution is 6.62. The Hall–Kier alpha value is -2.68. The van der Waals surface area contributed by atoms with Gasteiger partial charge in [0.15, 0.2) is 0 Å². The number of hydrogen-bond acceptors (Lipinski definition) is 2. The van der Waals surface area contributed by atoms with Gasteiger partial charge >= 0.3 is 7.12 Å². The van der Waals surface area contributed by atoms with Gasteiger partial charge < -0.3 is 9.31 Å². The molecule has 3 heteroatoms. The van der Waals surface area contributed by atoms with Crippen molar-refractivity contribution in [1.29, 1.82) is 0 Å². The third kappa shape index (κ3) is 5.92. The first-order valence-corrected chi connectivity index (χ1v) is 10.2. The predicted molar refractivity (Wildman–Crippen MR) is 119 cm³/mol. The van der Waals surface area contributed by atoms with E-state index in [1.807, 2.05) is 24.3 Å². The molecule has 0 saturated heterocycles. The van der Waals surface area contributed by atoms with Crippen molar-refractivity contribution in [3.8, 4) is 11.5 Å². The number of benzene rings is 3. The molecule has 0 amide bonds. The van der Waals surface area contributed by atoms with E-state index in [0.29, 0.717) is 0 Å². The summed E-state index contributed by atoms with van der Waals surface area (Å²) < 4.78 is 12.4. The van der Waals surface area contributed by atoms with Gasteiger partial charge in [-0.3, -0.25) is 0 Å². The third-order valence-electron chi connectivity index (χ3n) is 4.85. The van der Waals surface area contributed by atoms with Gasteiger partial charge in [-0.15, -0.1) is 0 Å². The van der Waals surface area contributed by atoms with Gasteiger partial charge in [-0.05, 0) is 56.5 Å². The van der Waals surface area contributed by atoms with E-state index >= 15 is 0 Å². The predicted octanol–water partition coefficient (Wildman–Crippen LogP) is 5.89. The van der Waals surface area contributed by atoms with Gasteiger partial charge in [-0.25, -0.2) is 0 Å². The quantitative estimate of drug-likeness (QED) is 0.344. The molecular weight excluding hydrogens is 343 g/mol. The molecule has 3 rings (SSSR count). The number of aryl methyl sites for hydroxylation is 3. The van der Waals surface area contributed by atoms with E-state index < -0.39 is 7.12 Å². The van der Waals surface area contributed by atoms with Crippen molar-refractivity contribution in [1.82, 2.24) is 0 Å². The summed E-state index contributed by atoms with van der Waals surface area (Å²) in [5.41, 5.74) is 4.79. The lowest BCUT2D eigenvalue weighted by molar-refractivity contribution is 0.439. The second-order valence-electron chi connectivity index (χ2n) is 7.39. The molecule has 0 aromatic heterocycles. The summed E-state index contributed by atoms with van der Waals surface area (Å²) in [5.74, 6) is 1.60.